The van der Waals surface area contributed by atoms with Gasteiger partial charge >= 0.3 is 0 Å². The summed E-state index contributed by atoms with van der Waals surface area (Å²) in [6.45, 7) is 3.64. The minimum atomic E-state index is 0.269. The zero-order valence-electron chi connectivity index (χ0n) is 14.1. The number of rotatable bonds is 6. The van der Waals surface area contributed by atoms with E-state index in [1.807, 2.05) is 35.2 Å². The van der Waals surface area contributed by atoms with Crippen molar-refractivity contribution in [2.24, 2.45) is 0 Å². The second-order valence-corrected chi connectivity index (χ2v) is 6.23. The highest BCUT2D eigenvalue weighted by Gasteiger charge is 2.18. The Bertz CT molecular complexity index is 648. The van der Waals surface area contributed by atoms with E-state index in [1.165, 1.54) is 0 Å². The van der Waals surface area contributed by atoms with Crippen molar-refractivity contribution >= 4 is 5.91 Å². The van der Waals surface area contributed by atoms with Crippen molar-refractivity contribution in [2.75, 3.05) is 33.2 Å². The van der Waals surface area contributed by atoms with Crippen molar-refractivity contribution in [1.82, 2.24) is 30.0 Å². The van der Waals surface area contributed by atoms with Crippen molar-refractivity contribution < 1.29 is 4.79 Å². The number of para-hydroxylation sites is 1. The van der Waals surface area contributed by atoms with E-state index in [0.717, 1.165) is 57.0 Å². The molecule has 1 saturated heterocycles. The Morgan fingerprint density at radius 2 is 1.83 bits per heavy atom. The van der Waals surface area contributed by atoms with Gasteiger partial charge in [-0.3, -0.25) is 4.79 Å². The summed E-state index contributed by atoms with van der Waals surface area (Å²) >= 11 is 0. The molecule has 2 aromatic rings. The number of hydrogen-bond donors (Lipinski definition) is 0. The fourth-order valence-corrected chi connectivity index (χ4v) is 2.90. The number of likely N-dealkylation sites (N-methyl/N-ethyl adjacent to an activating group) is 1. The van der Waals surface area contributed by atoms with Crippen LogP contribution in [0.4, 0.5) is 0 Å². The standard InChI is InChI=1S/C17H24N6O/c1-21-11-13-22(14-12-21)17(24)10-6-5-9-16-18-19-20-23(16)15-7-3-2-4-8-15/h2-4,7-8H,5-6,9-14H2,1H3. The number of carbonyl (C=O) groups excluding carboxylic acids is 1. The Labute approximate surface area is 142 Å². The van der Waals surface area contributed by atoms with Crippen LogP contribution in [0.5, 0.6) is 0 Å². The molecule has 0 spiro atoms. The van der Waals surface area contributed by atoms with Crippen LogP contribution >= 0.6 is 0 Å². The lowest BCUT2D eigenvalue weighted by Crippen LogP contribution is -2.47. The smallest absolute Gasteiger partial charge is 0.222 e. The normalized spacial score (nSPS) is 15.6. The van der Waals surface area contributed by atoms with Crippen LogP contribution in [0.15, 0.2) is 30.3 Å². The van der Waals surface area contributed by atoms with E-state index in [4.69, 9.17) is 0 Å². The number of nitrogens with zero attached hydrogens (tertiary/aromatic N) is 6. The minimum Gasteiger partial charge on any atom is -0.340 e. The second-order valence-electron chi connectivity index (χ2n) is 6.23. The average Bonchev–Trinajstić information content (AvgIpc) is 3.08. The highest BCUT2D eigenvalue weighted by Crippen LogP contribution is 2.11. The number of aromatic nitrogens is 4. The first kappa shape index (κ1) is 16.6. The molecule has 24 heavy (non-hydrogen) atoms. The summed E-state index contributed by atoms with van der Waals surface area (Å²) in [6, 6.07) is 9.87. The lowest BCUT2D eigenvalue weighted by molar-refractivity contribution is -0.132. The highest BCUT2D eigenvalue weighted by molar-refractivity contribution is 5.76. The number of benzene rings is 1. The molecule has 0 unspecified atom stereocenters. The largest absolute Gasteiger partial charge is 0.340 e. The van der Waals surface area contributed by atoms with Gasteiger partial charge in [-0.2, -0.15) is 4.68 Å². The third-order valence-corrected chi connectivity index (χ3v) is 4.43. The molecule has 1 amide bonds. The van der Waals surface area contributed by atoms with Crippen LogP contribution in [-0.2, 0) is 11.2 Å². The first-order chi connectivity index (χ1) is 11.7. The van der Waals surface area contributed by atoms with Gasteiger partial charge in [-0.15, -0.1) is 5.10 Å². The van der Waals surface area contributed by atoms with Gasteiger partial charge in [0.15, 0.2) is 5.82 Å². The van der Waals surface area contributed by atoms with Gasteiger partial charge in [0.05, 0.1) is 5.69 Å². The summed E-state index contributed by atoms with van der Waals surface area (Å²) < 4.78 is 1.77. The molecule has 0 atom stereocenters. The molecule has 0 aliphatic carbocycles. The summed E-state index contributed by atoms with van der Waals surface area (Å²) in [6.07, 6.45) is 3.16. The molecule has 0 saturated carbocycles. The van der Waals surface area contributed by atoms with Gasteiger partial charge in [0, 0.05) is 39.0 Å². The van der Waals surface area contributed by atoms with E-state index in [2.05, 4.69) is 27.5 Å². The van der Waals surface area contributed by atoms with Crippen molar-refractivity contribution in [3.8, 4) is 5.69 Å². The van der Waals surface area contributed by atoms with Gasteiger partial charge in [-0.1, -0.05) is 18.2 Å². The van der Waals surface area contributed by atoms with Crippen LogP contribution in [0.1, 0.15) is 25.1 Å². The van der Waals surface area contributed by atoms with Gasteiger partial charge in [0.1, 0.15) is 0 Å². The number of hydrogen-bond acceptors (Lipinski definition) is 5. The Morgan fingerprint density at radius 3 is 2.58 bits per heavy atom. The zero-order chi connectivity index (χ0) is 16.8. The van der Waals surface area contributed by atoms with E-state index in [0.29, 0.717) is 6.42 Å². The van der Waals surface area contributed by atoms with Crippen molar-refractivity contribution in [2.45, 2.75) is 25.7 Å². The maximum Gasteiger partial charge on any atom is 0.222 e. The molecule has 0 radical (unpaired) electrons. The molecule has 0 bridgehead atoms. The van der Waals surface area contributed by atoms with Crippen LogP contribution in [0, 0.1) is 0 Å². The Balaban J connectivity index is 1.44. The van der Waals surface area contributed by atoms with Crippen LogP contribution in [0.3, 0.4) is 0 Å². The predicted octanol–water partition coefficient (Wildman–Crippen LogP) is 1.15. The van der Waals surface area contributed by atoms with E-state index < -0.39 is 0 Å². The summed E-state index contributed by atoms with van der Waals surface area (Å²) in [5, 5.41) is 11.9. The number of carbonyl (C=O) groups is 1. The summed E-state index contributed by atoms with van der Waals surface area (Å²) in [7, 11) is 2.10. The fourth-order valence-electron chi connectivity index (χ4n) is 2.90. The van der Waals surface area contributed by atoms with Gasteiger partial charge in [0.25, 0.3) is 0 Å². The van der Waals surface area contributed by atoms with Gasteiger partial charge in [-0.05, 0) is 42.4 Å². The van der Waals surface area contributed by atoms with Gasteiger partial charge in [-0.25, -0.2) is 0 Å². The first-order valence-corrected chi connectivity index (χ1v) is 8.53. The Morgan fingerprint density at radius 1 is 1.08 bits per heavy atom. The molecule has 7 heteroatoms. The lowest BCUT2D eigenvalue weighted by Gasteiger charge is -2.32. The van der Waals surface area contributed by atoms with Gasteiger partial charge in [0.2, 0.25) is 5.91 Å². The number of tetrazole rings is 1. The van der Waals surface area contributed by atoms with E-state index in [-0.39, 0.29) is 5.91 Å². The molecule has 0 N–H and O–H groups in total. The van der Waals surface area contributed by atoms with Crippen LogP contribution in [0.25, 0.3) is 5.69 Å². The molecule has 7 nitrogen and oxygen atoms in total. The van der Waals surface area contributed by atoms with Crippen LogP contribution in [-0.4, -0.2) is 69.1 Å². The van der Waals surface area contributed by atoms with Crippen molar-refractivity contribution in [3.05, 3.63) is 36.2 Å². The topological polar surface area (TPSA) is 67.2 Å². The fraction of sp³-hybridized carbons (Fsp3) is 0.529. The maximum absolute atomic E-state index is 12.2. The van der Waals surface area contributed by atoms with Crippen molar-refractivity contribution in [1.29, 1.82) is 0 Å². The third kappa shape index (κ3) is 4.17. The molecule has 1 aliphatic rings. The van der Waals surface area contributed by atoms with Gasteiger partial charge < -0.3 is 9.80 Å². The summed E-state index contributed by atoms with van der Waals surface area (Å²) in [5.41, 5.74) is 0.964. The SMILES string of the molecule is CN1CCN(C(=O)CCCCc2nnnn2-c2ccccc2)CC1. The van der Waals surface area contributed by atoms with E-state index >= 15 is 0 Å². The third-order valence-electron chi connectivity index (χ3n) is 4.43. The molecule has 1 aromatic heterocycles. The molecule has 3 rings (SSSR count). The molecule has 1 aliphatic heterocycles. The highest BCUT2D eigenvalue weighted by atomic mass is 16.2. The zero-order valence-corrected chi connectivity index (χ0v) is 14.1. The second kappa shape index (κ2) is 8.01. The number of unbranched alkanes of at least 4 members (excludes halogenated alkanes) is 1. The summed E-state index contributed by atoms with van der Waals surface area (Å²) in [4.78, 5) is 16.5. The lowest BCUT2D eigenvalue weighted by atomic mass is 10.1. The van der Waals surface area contributed by atoms with Crippen LogP contribution in [0.2, 0.25) is 0 Å². The van der Waals surface area contributed by atoms with E-state index in [1.54, 1.807) is 4.68 Å². The maximum atomic E-state index is 12.2. The first-order valence-electron chi connectivity index (χ1n) is 8.53. The quantitative estimate of drug-likeness (QED) is 0.744. The van der Waals surface area contributed by atoms with E-state index in [9.17, 15) is 4.79 Å². The minimum absolute atomic E-state index is 0.269. The van der Waals surface area contributed by atoms with Crippen LogP contribution < -0.4 is 0 Å². The molecule has 128 valence electrons. The molecular weight excluding hydrogens is 304 g/mol. The summed E-state index contributed by atoms with van der Waals surface area (Å²) in [5.74, 6) is 1.11. The monoisotopic (exact) mass is 328 g/mol. The number of piperazine rings is 1. The molecular formula is C17H24N6O. The predicted molar refractivity (Wildman–Crippen MR) is 90.8 cm³/mol. The Kier molecular flexibility index (Phi) is 5.53. The number of amides is 1. The number of aryl methyl sites for hydroxylation is 1. The molecule has 1 aromatic carbocycles. The van der Waals surface area contributed by atoms with Crippen molar-refractivity contribution in [3.63, 3.8) is 0 Å². The molecule has 1 fully saturated rings. The molecule has 2 heterocycles. The Hall–Kier alpha value is -2.28. The average molecular weight is 328 g/mol.